The van der Waals surface area contributed by atoms with E-state index in [1.165, 1.54) is 31.7 Å². The Labute approximate surface area is 625 Å². The molecule has 0 aromatic heterocycles. The van der Waals surface area contributed by atoms with Crippen molar-refractivity contribution in [1.29, 1.82) is 0 Å². The SMILES string of the molecule is C/C=C1\NC(=O)[C@H](Cc2ccccc2)NC(=O)[C@@H](C(C)C)NC(=O)[C@@H]([C@H](C)CC)NC(=O)[C@H](NC(=O)[C@H](NC(=O)[C@H](CCCN)NC(=O)[C@H]2CCCN2C(=O)[C@H](NC(=O)[C@H](CCCN)NC(=O)[C@@H](NC(=O)[C@H](NC(=O)CCCC(C)C)C(C)C)[C@@H](C)O)C(C)C)[C@H](C)CC)[C@H](C)OC(=O)[C@H](C(C)C)NC1=O. The van der Waals surface area contributed by atoms with Crippen molar-refractivity contribution in [3.05, 3.63) is 47.7 Å². The molecule has 0 aliphatic carbocycles. The summed E-state index contributed by atoms with van der Waals surface area (Å²) in [5, 5.41) is 43.1. The molecule has 16 atom stereocenters. The number of aliphatic hydroxyl groups excluding tert-OH is 1. The molecule has 2 saturated heterocycles. The Morgan fingerprint density at radius 3 is 1.68 bits per heavy atom. The molecule has 31 nitrogen and oxygen atoms in total. The maximum absolute atomic E-state index is 15.1. The predicted octanol–water partition coefficient (Wildman–Crippen LogP) is 0.919. The van der Waals surface area contributed by atoms with Crippen LogP contribution in [0.5, 0.6) is 0 Å². The molecular weight excluding hydrogens is 1370 g/mol. The van der Waals surface area contributed by atoms with Gasteiger partial charge in [-0.1, -0.05) is 153 Å². The number of aliphatic hydroxyl groups is 1. The molecule has 17 N–H and O–H groups in total. The summed E-state index contributed by atoms with van der Waals surface area (Å²) in [5.74, 6) is -14.7. The minimum Gasteiger partial charge on any atom is -0.458 e. The standard InChI is InChI=1S/C75H125N15O16/c1-18-44(14)59(71(101)89-62-47(17)106-75(105)58(43(12)13)85-63(93)49(20-3)78-66(96)52(38-48-29-22-21-23-30-48)81-68(98)56(41(8)9)83-70(100)60(45(15)19-2)87-73(62)103)86-65(95)50(31-25-35-76)79-67(97)53-33-27-37-90(53)74(104)57(42(10)11)84-64(94)51(32-26-36-77)80-72(102)61(46(16)91)88-69(99)55(40(6)7)82-54(92)34-24-28-39(4)5/h20-23,29-30,39-47,50-53,55-62,91H,18-19,24-28,31-38,76-77H2,1-17H3,(H,78,96)(H,79,97)(H,80,102)(H,81,98)(H,82,92)(H,83,100)(H,84,94)(H,85,93)(H,86,95)(H,87,103)(H,88,99)(H,89,101)/b49-20-/t44-,45-,46-,47+,50+,51+,52+,53-,55-,56-,57-,58+,59-,60-,61+,62-/m1/s1. The Morgan fingerprint density at radius 2 is 1.15 bits per heavy atom. The van der Waals surface area contributed by atoms with Gasteiger partial charge in [0.25, 0.3) is 5.91 Å². The van der Waals surface area contributed by atoms with Gasteiger partial charge in [-0.2, -0.15) is 0 Å². The lowest BCUT2D eigenvalue weighted by molar-refractivity contribution is -0.157. The summed E-state index contributed by atoms with van der Waals surface area (Å²) < 4.78 is 5.96. The summed E-state index contributed by atoms with van der Waals surface area (Å²) >= 11 is 0. The fraction of sp³-hybridized carbons (Fsp3) is 0.707. The van der Waals surface area contributed by atoms with Gasteiger partial charge in [0.2, 0.25) is 70.9 Å². The molecule has 2 aliphatic heterocycles. The van der Waals surface area contributed by atoms with Crippen LogP contribution in [0.15, 0.2) is 42.1 Å². The van der Waals surface area contributed by atoms with Crippen molar-refractivity contribution in [2.24, 2.45) is 52.9 Å². The number of nitrogens with one attached hydrogen (secondary N) is 12. The second-order valence-corrected chi connectivity index (χ2v) is 29.9. The van der Waals surface area contributed by atoms with E-state index in [1.54, 1.807) is 113 Å². The van der Waals surface area contributed by atoms with E-state index >= 15 is 9.59 Å². The van der Waals surface area contributed by atoms with Crippen LogP contribution >= 0.6 is 0 Å². The van der Waals surface area contributed by atoms with E-state index in [9.17, 15) is 62.6 Å². The minimum absolute atomic E-state index is 0.0264. The molecule has 31 heteroatoms. The summed E-state index contributed by atoms with van der Waals surface area (Å²) in [4.78, 5) is 202. The van der Waals surface area contributed by atoms with E-state index in [0.717, 1.165) is 6.42 Å². The van der Waals surface area contributed by atoms with E-state index in [2.05, 4.69) is 63.8 Å². The number of nitrogens with two attached hydrogens (primary N) is 2. The number of hydrogen-bond donors (Lipinski definition) is 15. The van der Waals surface area contributed by atoms with E-state index in [1.807, 2.05) is 13.8 Å². The number of nitrogens with zero attached hydrogens (tertiary/aromatic N) is 1. The number of cyclic esters (lactones) is 1. The van der Waals surface area contributed by atoms with Crippen LogP contribution in [-0.4, -0.2) is 197 Å². The van der Waals surface area contributed by atoms with Crippen LogP contribution in [0.1, 0.15) is 194 Å². The van der Waals surface area contributed by atoms with Crippen LogP contribution in [0.25, 0.3) is 0 Å². The Balaban J connectivity index is 2.01. The van der Waals surface area contributed by atoms with Crippen LogP contribution in [0.3, 0.4) is 0 Å². The number of amides is 13. The summed E-state index contributed by atoms with van der Waals surface area (Å²) in [6.07, 6.45) is 1.14. The van der Waals surface area contributed by atoms with E-state index in [4.69, 9.17) is 16.2 Å². The highest BCUT2D eigenvalue weighted by atomic mass is 16.5. The molecule has 2 heterocycles. The second kappa shape index (κ2) is 45.2. The van der Waals surface area contributed by atoms with Crippen LogP contribution in [0.2, 0.25) is 0 Å². The largest absolute Gasteiger partial charge is 0.458 e. The highest BCUT2D eigenvalue weighted by Crippen LogP contribution is 2.23. The third-order valence-corrected chi connectivity index (χ3v) is 19.3. The zero-order chi connectivity index (χ0) is 80.0. The summed E-state index contributed by atoms with van der Waals surface area (Å²) in [6, 6.07) is -7.79. The fourth-order valence-corrected chi connectivity index (χ4v) is 12.2. The molecule has 106 heavy (non-hydrogen) atoms. The zero-order valence-electron chi connectivity index (χ0n) is 65.4. The topological polar surface area (TPSA) is 468 Å². The zero-order valence-corrected chi connectivity index (χ0v) is 65.4. The van der Waals surface area contributed by atoms with Gasteiger partial charge >= 0.3 is 5.97 Å². The average molecular weight is 1490 g/mol. The second-order valence-electron chi connectivity index (χ2n) is 29.9. The summed E-state index contributed by atoms with van der Waals surface area (Å²) in [7, 11) is 0. The predicted molar refractivity (Wildman–Crippen MR) is 399 cm³/mol. The van der Waals surface area contributed by atoms with Crippen molar-refractivity contribution in [3.8, 4) is 0 Å². The van der Waals surface area contributed by atoms with Gasteiger partial charge in [0, 0.05) is 19.4 Å². The monoisotopic (exact) mass is 1490 g/mol. The first-order valence-corrected chi connectivity index (χ1v) is 37.8. The van der Waals surface area contributed by atoms with Crippen molar-refractivity contribution in [2.45, 2.75) is 279 Å². The maximum Gasteiger partial charge on any atom is 0.329 e. The minimum atomic E-state index is -1.83. The first kappa shape index (κ1) is 91.6. The number of ether oxygens (including phenoxy) is 1. The molecule has 1 aromatic rings. The van der Waals surface area contributed by atoms with Gasteiger partial charge in [-0.15, -0.1) is 0 Å². The Hall–Kier alpha value is -8.58. The smallest absolute Gasteiger partial charge is 0.329 e. The molecule has 0 unspecified atom stereocenters. The molecule has 2 aliphatic rings. The van der Waals surface area contributed by atoms with Gasteiger partial charge in [0.1, 0.15) is 84.3 Å². The fourth-order valence-electron chi connectivity index (χ4n) is 12.2. The average Bonchev–Trinajstić information content (AvgIpc) is 1.81. The summed E-state index contributed by atoms with van der Waals surface area (Å²) in [6.45, 7) is 28.5. The van der Waals surface area contributed by atoms with Gasteiger partial charge in [-0.05, 0) is 126 Å². The number of rotatable bonds is 35. The Morgan fingerprint density at radius 1 is 0.604 bits per heavy atom. The van der Waals surface area contributed by atoms with Crippen molar-refractivity contribution in [2.75, 3.05) is 19.6 Å². The van der Waals surface area contributed by atoms with Crippen LogP contribution in [-0.2, 0) is 78.3 Å². The number of allylic oxidation sites excluding steroid dienone is 1. The molecule has 0 radical (unpaired) electrons. The number of likely N-dealkylation sites (tertiary alicyclic amines) is 1. The van der Waals surface area contributed by atoms with E-state index in [-0.39, 0.29) is 82.6 Å². The lowest BCUT2D eigenvalue weighted by atomic mass is 9.95. The first-order valence-electron chi connectivity index (χ1n) is 37.8. The summed E-state index contributed by atoms with van der Waals surface area (Å²) in [5.41, 5.74) is 12.2. The molecule has 3 rings (SSSR count). The first-order chi connectivity index (χ1) is 49.9. The third kappa shape index (κ3) is 28.3. The van der Waals surface area contributed by atoms with E-state index < -0.39 is 197 Å². The number of carbonyl (C=O) groups is 14. The van der Waals surface area contributed by atoms with Crippen LogP contribution in [0, 0.1) is 41.4 Å². The number of carbonyl (C=O) groups excluding carboxylic acids is 14. The quantitative estimate of drug-likeness (QED) is 0.0332. The van der Waals surface area contributed by atoms with Gasteiger partial charge in [0.15, 0.2) is 0 Å². The van der Waals surface area contributed by atoms with Crippen molar-refractivity contribution in [3.63, 3.8) is 0 Å². The lowest BCUT2D eigenvalue weighted by Gasteiger charge is -2.33. The maximum atomic E-state index is 15.1. The van der Waals surface area contributed by atoms with Gasteiger partial charge in [0.05, 0.1) is 6.10 Å². The normalized spacial score (nSPS) is 22.4. The molecular formula is C75H125N15O16. The van der Waals surface area contributed by atoms with Crippen LogP contribution in [0.4, 0.5) is 0 Å². The van der Waals surface area contributed by atoms with Crippen molar-refractivity contribution in [1.82, 2.24) is 68.7 Å². The number of hydrogen-bond acceptors (Lipinski definition) is 18. The Bertz CT molecular complexity index is 3160. The molecule has 13 amide bonds. The third-order valence-electron chi connectivity index (χ3n) is 19.3. The molecule has 0 spiro atoms. The van der Waals surface area contributed by atoms with Crippen molar-refractivity contribution >= 4 is 82.8 Å². The highest BCUT2D eigenvalue weighted by Gasteiger charge is 2.44. The molecule has 2 fully saturated rings. The Kier molecular flexibility index (Phi) is 39.0. The molecule has 1 aromatic carbocycles. The van der Waals surface area contributed by atoms with Gasteiger partial charge in [-0.25, -0.2) is 4.79 Å². The molecule has 0 bridgehead atoms. The molecule has 0 saturated carbocycles. The van der Waals surface area contributed by atoms with Crippen molar-refractivity contribution < 1.29 is 77.0 Å². The van der Waals surface area contributed by atoms with E-state index in [0.29, 0.717) is 30.7 Å². The van der Waals surface area contributed by atoms with Gasteiger partial charge in [-0.3, -0.25) is 62.3 Å². The lowest BCUT2D eigenvalue weighted by Crippen LogP contribution is -2.64. The highest BCUT2D eigenvalue weighted by molar-refractivity contribution is 6.03. The molecule has 596 valence electrons. The van der Waals surface area contributed by atoms with Gasteiger partial charge < -0.3 is 90.0 Å². The van der Waals surface area contributed by atoms with Crippen LogP contribution < -0.4 is 75.3 Å². The number of esters is 1. The number of benzene rings is 1.